The van der Waals surface area contributed by atoms with Crippen LogP contribution >= 0.6 is 0 Å². The zero-order chi connectivity index (χ0) is 9.68. The van der Waals surface area contributed by atoms with Crippen LogP contribution in [0.1, 0.15) is 5.69 Å². The predicted octanol–water partition coefficient (Wildman–Crippen LogP) is 0.673. The molecule has 0 aromatic carbocycles. The molecule has 0 atom stereocenters. The van der Waals surface area contributed by atoms with Crippen molar-refractivity contribution in [3.63, 3.8) is 0 Å². The highest BCUT2D eigenvalue weighted by atomic mass is 16.4. The second-order valence-corrected chi connectivity index (χ2v) is 2.47. The van der Waals surface area contributed by atoms with E-state index >= 15 is 0 Å². The van der Waals surface area contributed by atoms with Gasteiger partial charge in [-0.05, 0) is 18.7 Å². The van der Waals surface area contributed by atoms with Crippen molar-refractivity contribution >= 4 is 11.8 Å². The Kier molecular flexibility index (Phi) is 3.22. The smallest absolute Gasteiger partial charge is 0.409 e. The zero-order valence-electron chi connectivity index (χ0n) is 7.03. The van der Waals surface area contributed by atoms with Gasteiger partial charge < -0.3 is 10.8 Å². The van der Waals surface area contributed by atoms with E-state index in [1.54, 1.807) is 18.3 Å². The Hall–Kier alpha value is -1.62. The number of aromatic nitrogens is 1. The Morgan fingerprint density at radius 1 is 1.69 bits per heavy atom. The van der Waals surface area contributed by atoms with Gasteiger partial charge >= 0.3 is 6.09 Å². The van der Waals surface area contributed by atoms with Gasteiger partial charge in [-0.25, -0.2) is 4.79 Å². The molecule has 0 aliphatic rings. The van der Waals surface area contributed by atoms with Crippen molar-refractivity contribution in [2.24, 2.45) is 5.73 Å². The molecule has 70 valence electrons. The minimum atomic E-state index is -1.09. The van der Waals surface area contributed by atoms with Crippen molar-refractivity contribution in [1.29, 1.82) is 0 Å². The van der Waals surface area contributed by atoms with Crippen LogP contribution in [0.3, 0.4) is 0 Å². The maximum absolute atomic E-state index is 10.4. The van der Waals surface area contributed by atoms with E-state index in [4.69, 9.17) is 10.8 Å². The van der Waals surface area contributed by atoms with Crippen LogP contribution in [-0.2, 0) is 6.42 Å². The molecule has 0 saturated heterocycles. The van der Waals surface area contributed by atoms with E-state index in [0.29, 0.717) is 24.3 Å². The minimum absolute atomic E-state index is 0.450. The summed E-state index contributed by atoms with van der Waals surface area (Å²) in [6, 6.07) is 3.33. The lowest BCUT2D eigenvalue weighted by molar-refractivity contribution is 0.209. The molecule has 1 aromatic heterocycles. The van der Waals surface area contributed by atoms with Crippen LogP contribution < -0.4 is 11.1 Å². The fourth-order valence-electron chi connectivity index (χ4n) is 1.00. The van der Waals surface area contributed by atoms with Crippen LogP contribution in [0.15, 0.2) is 18.3 Å². The maximum Gasteiger partial charge on any atom is 0.409 e. The van der Waals surface area contributed by atoms with Gasteiger partial charge in [0.05, 0.1) is 11.4 Å². The molecular weight excluding hydrogens is 170 g/mol. The topological polar surface area (TPSA) is 88.2 Å². The molecule has 1 aromatic rings. The fraction of sp³-hybridized carbons (Fsp3) is 0.250. The molecule has 4 N–H and O–H groups in total. The molecule has 0 fully saturated rings. The van der Waals surface area contributed by atoms with Crippen LogP contribution in [0, 0.1) is 0 Å². The first-order valence-corrected chi connectivity index (χ1v) is 3.88. The van der Waals surface area contributed by atoms with E-state index in [0.717, 1.165) is 0 Å². The summed E-state index contributed by atoms with van der Waals surface area (Å²) in [6.07, 6.45) is 1.08. The summed E-state index contributed by atoms with van der Waals surface area (Å²) < 4.78 is 0. The molecule has 0 saturated carbocycles. The summed E-state index contributed by atoms with van der Waals surface area (Å²) in [6.45, 7) is 0.450. The molecule has 1 amide bonds. The highest BCUT2D eigenvalue weighted by Gasteiger charge is 2.04. The Morgan fingerprint density at radius 3 is 3.08 bits per heavy atom. The van der Waals surface area contributed by atoms with Gasteiger partial charge in [0, 0.05) is 12.6 Å². The zero-order valence-corrected chi connectivity index (χ0v) is 7.03. The summed E-state index contributed by atoms with van der Waals surface area (Å²) >= 11 is 0. The molecule has 1 heterocycles. The van der Waals surface area contributed by atoms with Gasteiger partial charge in [0.25, 0.3) is 0 Å². The third kappa shape index (κ3) is 2.72. The number of amides is 1. The monoisotopic (exact) mass is 181 g/mol. The van der Waals surface area contributed by atoms with Crippen LogP contribution in [0.25, 0.3) is 0 Å². The predicted molar refractivity (Wildman–Crippen MR) is 48.6 cm³/mol. The number of rotatable bonds is 3. The Balaban J connectivity index is 2.84. The Morgan fingerprint density at radius 2 is 2.46 bits per heavy atom. The third-order valence-electron chi connectivity index (χ3n) is 1.51. The van der Waals surface area contributed by atoms with Crippen molar-refractivity contribution in [2.45, 2.75) is 6.42 Å². The molecule has 0 radical (unpaired) electrons. The normalized spacial score (nSPS) is 9.62. The van der Waals surface area contributed by atoms with Gasteiger partial charge in [-0.15, -0.1) is 0 Å². The molecule has 0 unspecified atom stereocenters. The highest BCUT2D eigenvalue weighted by Crippen LogP contribution is 2.11. The summed E-state index contributed by atoms with van der Waals surface area (Å²) in [5.74, 6) is 0. The molecule has 13 heavy (non-hydrogen) atoms. The SMILES string of the molecule is NCCc1ncccc1NC(=O)O. The lowest BCUT2D eigenvalue weighted by atomic mass is 10.2. The average Bonchev–Trinajstić information content (AvgIpc) is 2.08. The summed E-state index contributed by atoms with van der Waals surface area (Å²) in [5.41, 5.74) is 6.52. The third-order valence-corrected chi connectivity index (χ3v) is 1.51. The van der Waals surface area contributed by atoms with Crippen LogP contribution in [-0.4, -0.2) is 22.7 Å². The molecule has 0 aliphatic carbocycles. The van der Waals surface area contributed by atoms with Crippen molar-refractivity contribution in [3.8, 4) is 0 Å². The number of carbonyl (C=O) groups is 1. The number of anilines is 1. The van der Waals surface area contributed by atoms with Gasteiger partial charge in [0.15, 0.2) is 0 Å². The van der Waals surface area contributed by atoms with Crippen LogP contribution in [0.2, 0.25) is 0 Å². The van der Waals surface area contributed by atoms with E-state index < -0.39 is 6.09 Å². The quantitative estimate of drug-likeness (QED) is 0.639. The van der Waals surface area contributed by atoms with E-state index in [1.165, 1.54) is 0 Å². The van der Waals surface area contributed by atoms with Gasteiger partial charge in [-0.2, -0.15) is 0 Å². The summed E-state index contributed by atoms with van der Waals surface area (Å²) in [5, 5.41) is 10.7. The number of nitrogens with one attached hydrogen (secondary N) is 1. The van der Waals surface area contributed by atoms with Crippen molar-refractivity contribution in [2.75, 3.05) is 11.9 Å². The minimum Gasteiger partial charge on any atom is -0.465 e. The van der Waals surface area contributed by atoms with Gasteiger partial charge in [0.2, 0.25) is 0 Å². The summed E-state index contributed by atoms with van der Waals surface area (Å²) in [4.78, 5) is 14.4. The molecular formula is C8H11N3O2. The molecule has 0 bridgehead atoms. The van der Waals surface area contributed by atoms with Crippen molar-refractivity contribution in [3.05, 3.63) is 24.0 Å². The van der Waals surface area contributed by atoms with Gasteiger partial charge in [-0.3, -0.25) is 10.3 Å². The van der Waals surface area contributed by atoms with Crippen molar-refractivity contribution in [1.82, 2.24) is 4.98 Å². The number of pyridine rings is 1. The number of hydrogen-bond donors (Lipinski definition) is 3. The lowest BCUT2D eigenvalue weighted by Crippen LogP contribution is -2.12. The number of hydrogen-bond acceptors (Lipinski definition) is 3. The first kappa shape index (κ1) is 9.47. The first-order valence-electron chi connectivity index (χ1n) is 3.88. The maximum atomic E-state index is 10.4. The van der Waals surface area contributed by atoms with Crippen LogP contribution in [0.4, 0.5) is 10.5 Å². The fourth-order valence-corrected chi connectivity index (χ4v) is 1.00. The number of carboxylic acid groups (broad SMARTS) is 1. The van der Waals surface area contributed by atoms with E-state index in [-0.39, 0.29) is 0 Å². The largest absolute Gasteiger partial charge is 0.465 e. The molecule has 0 spiro atoms. The van der Waals surface area contributed by atoms with E-state index in [9.17, 15) is 4.79 Å². The van der Waals surface area contributed by atoms with Crippen molar-refractivity contribution < 1.29 is 9.90 Å². The Bertz CT molecular complexity index is 301. The molecule has 1 rings (SSSR count). The van der Waals surface area contributed by atoms with E-state index in [1.807, 2.05) is 0 Å². The van der Waals surface area contributed by atoms with Gasteiger partial charge in [0.1, 0.15) is 0 Å². The second kappa shape index (κ2) is 4.42. The standard InChI is InChI=1S/C8H11N3O2/c9-4-3-6-7(11-8(12)13)2-1-5-10-6/h1-2,5,11H,3-4,9H2,(H,12,13). The second-order valence-electron chi connectivity index (χ2n) is 2.47. The van der Waals surface area contributed by atoms with Crippen LogP contribution in [0.5, 0.6) is 0 Å². The number of nitrogens with zero attached hydrogens (tertiary/aromatic N) is 1. The van der Waals surface area contributed by atoms with E-state index in [2.05, 4.69) is 10.3 Å². The lowest BCUT2D eigenvalue weighted by Gasteiger charge is -2.05. The number of nitrogens with two attached hydrogens (primary N) is 1. The molecule has 5 nitrogen and oxygen atoms in total. The first-order chi connectivity index (χ1) is 6.24. The summed E-state index contributed by atoms with van der Waals surface area (Å²) in [7, 11) is 0. The Labute approximate surface area is 75.6 Å². The molecule has 5 heteroatoms. The average molecular weight is 181 g/mol. The van der Waals surface area contributed by atoms with Gasteiger partial charge in [-0.1, -0.05) is 0 Å². The molecule has 0 aliphatic heterocycles. The highest BCUT2D eigenvalue weighted by molar-refractivity contribution is 5.83.